The van der Waals surface area contributed by atoms with Crippen LogP contribution in [-0.2, 0) is 45.3 Å². The lowest BCUT2D eigenvalue weighted by molar-refractivity contribution is -0.248. The Balaban J connectivity index is 1.38. The average molecular weight is 797 g/mol. The number of benzene rings is 1. The Morgan fingerprint density at radius 3 is 2.48 bits per heavy atom. The molecular weight excluding hydrogens is 737 g/mol. The van der Waals surface area contributed by atoms with Crippen LogP contribution >= 0.6 is 0 Å². The summed E-state index contributed by atoms with van der Waals surface area (Å²) in [4.78, 5) is 53.0. The fourth-order valence-corrected chi connectivity index (χ4v) is 12.9. The lowest BCUT2D eigenvalue weighted by Crippen LogP contribution is -2.80. The van der Waals surface area contributed by atoms with Crippen molar-refractivity contribution in [1.82, 2.24) is 19.7 Å². The summed E-state index contributed by atoms with van der Waals surface area (Å²) in [6.45, 7) is 11.4. The van der Waals surface area contributed by atoms with Crippen molar-refractivity contribution in [3.05, 3.63) is 82.8 Å². The van der Waals surface area contributed by atoms with Gasteiger partial charge >= 0.3 is 17.9 Å². The van der Waals surface area contributed by atoms with Crippen LogP contribution < -0.4 is 0 Å². The molecule has 2 unspecified atom stereocenters. The molecule has 0 radical (unpaired) electrons. The quantitative estimate of drug-likeness (QED) is 0.177. The molecule has 9 atom stereocenters. The maximum atomic E-state index is 15.0. The van der Waals surface area contributed by atoms with Crippen molar-refractivity contribution in [2.24, 2.45) is 16.7 Å². The Morgan fingerprint density at radius 2 is 1.81 bits per heavy atom. The molecule has 3 fully saturated rings. The van der Waals surface area contributed by atoms with Gasteiger partial charge in [-0.15, -0.1) is 0 Å². The molecule has 4 aliphatic heterocycles. The largest absolute Gasteiger partial charge is 0.497 e. The third kappa shape index (κ3) is 5.36. The first kappa shape index (κ1) is 40.5. The van der Waals surface area contributed by atoms with E-state index in [1.165, 1.54) is 26.7 Å². The number of aromatic nitrogens is 1. The average Bonchev–Trinajstić information content (AvgIpc) is 3.89. The number of likely N-dealkylation sites (N-methyl/N-ethyl adjacent to an activating group) is 1. The predicted molar refractivity (Wildman–Crippen MR) is 219 cm³/mol. The Morgan fingerprint density at radius 1 is 1.03 bits per heavy atom. The standard InChI is InChI=1S/C46H60N4O8/c1-9-29-16-14-21-49(26-29)27-31-30-17-12-13-18-34(30)47-37(31)44(11-3,41(52)56-7)33-24-32-35(25-36(33)55-6)48(5)39-45(32)20-23-50-22-15-19-43(10-2,38(45)50)40(58-28(4)51)46(39,54)42(53)57-8/h12-13,15-19,24-25,32,35,38-40,47,54H,9-11,14,20-23,26-27H2,1-8H3/t32?,35?,38-,39-,40-,43-,44+,45-,46+/m1/s1. The van der Waals surface area contributed by atoms with Crippen LogP contribution in [0.25, 0.3) is 10.9 Å². The minimum atomic E-state index is -2.24. The number of ether oxygens (including phenoxy) is 4. The number of rotatable bonds is 11. The van der Waals surface area contributed by atoms with Crippen LogP contribution in [-0.4, -0.2) is 127 Å². The van der Waals surface area contributed by atoms with Gasteiger partial charge in [-0.3, -0.25) is 24.3 Å². The molecule has 12 heteroatoms. The summed E-state index contributed by atoms with van der Waals surface area (Å²) in [6, 6.07) is 6.84. The highest BCUT2D eigenvalue weighted by Crippen LogP contribution is 2.70. The van der Waals surface area contributed by atoms with E-state index in [9.17, 15) is 19.5 Å². The van der Waals surface area contributed by atoms with E-state index >= 15 is 0 Å². The number of hydrogen-bond acceptors (Lipinski definition) is 11. The van der Waals surface area contributed by atoms with Crippen LogP contribution in [0.5, 0.6) is 0 Å². The lowest BCUT2D eigenvalue weighted by atomic mass is 9.46. The number of nitrogens with zero attached hydrogens (tertiary/aromatic N) is 3. The van der Waals surface area contributed by atoms with Gasteiger partial charge in [-0.1, -0.05) is 68.8 Å². The van der Waals surface area contributed by atoms with E-state index in [2.05, 4.69) is 69.1 Å². The van der Waals surface area contributed by atoms with E-state index in [1.807, 2.05) is 33.0 Å². The van der Waals surface area contributed by atoms with Gasteiger partial charge in [0.05, 0.1) is 27.4 Å². The number of nitrogens with one attached hydrogen (secondary N) is 1. The SMILES string of the molecule is CCC1=CCCN(Cc2c([C@@](CC)(C(=O)OC)C3=CC4C(C=C3OC)N(C)[C@H]3[C@@](O)(C(=O)OC)[C@H](OC(C)=O)[C@]5(CC)C=CCN6CC[C@]43[C@H]65)[nH]c3ccccc23)C1. The Bertz CT molecular complexity index is 2120. The van der Waals surface area contributed by atoms with Crippen molar-refractivity contribution in [3.63, 3.8) is 0 Å². The lowest BCUT2D eigenvalue weighted by Gasteiger charge is -2.64. The number of para-hydroxylation sites is 1. The maximum absolute atomic E-state index is 15.0. The molecule has 8 rings (SSSR count). The first-order chi connectivity index (χ1) is 27.9. The highest BCUT2D eigenvalue weighted by atomic mass is 16.6. The first-order valence-corrected chi connectivity index (χ1v) is 21.1. The van der Waals surface area contributed by atoms with E-state index < -0.39 is 51.9 Å². The van der Waals surface area contributed by atoms with Gasteiger partial charge < -0.3 is 29.0 Å². The third-order valence-corrected chi connectivity index (χ3v) is 15.1. The number of esters is 3. The minimum Gasteiger partial charge on any atom is -0.497 e. The molecule has 0 amide bonds. The maximum Gasteiger partial charge on any atom is 0.343 e. The van der Waals surface area contributed by atoms with E-state index in [-0.39, 0.29) is 18.0 Å². The molecule has 5 heterocycles. The zero-order valence-corrected chi connectivity index (χ0v) is 35.3. The zero-order valence-electron chi connectivity index (χ0n) is 35.3. The van der Waals surface area contributed by atoms with E-state index in [0.29, 0.717) is 50.2 Å². The molecule has 6 aliphatic rings. The van der Waals surface area contributed by atoms with Crippen LogP contribution in [0.15, 0.2) is 71.6 Å². The van der Waals surface area contributed by atoms with Crippen LogP contribution in [0, 0.1) is 16.7 Å². The number of fused-ring (bicyclic) bond motifs is 2. The molecule has 0 bridgehead atoms. The van der Waals surface area contributed by atoms with Gasteiger partial charge in [-0.2, -0.15) is 0 Å². The van der Waals surface area contributed by atoms with Crippen molar-refractivity contribution in [3.8, 4) is 0 Å². The van der Waals surface area contributed by atoms with Crippen molar-refractivity contribution in [2.75, 3.05) is 54.6 Å². The number of H-pyrrole nitrogens is 1. The molecule has 2 aromatic rings. The van der Waals surface area contributed by atoms with Gasteiger partial charge in [-0.25, -0.2) is 4.79 Å². The molecule has 1 saturated carbocycles. The second kappa shape index (κ2) is 14.8. The summed E-state index contributed by atoms with van der Waals surface area (Å²) in [5.74, 6) is -1.58. The fourth-order valence-electron chi connectivity index (χ4n) is 12.9. The zero-order chi connectivity index (χ0) is 41.4. The molecule has 58 heavy (non-hydrogen) atoms. The smallest absolute Gasteiger partial charge is 0.343 e. The number of aliphatic hydroxyl groups is 1. The molecule has 1 aromatic carbocycles. The van der Waals surface area contributed by atoms with Crippen LogP contribution in [0.2, 0.25) is 0 Å². The molecule has 2 aliphatic carbocycles. The Hall–Kier alpha value is -4.23. The number of carbonyl (C=O) groups excluding carboxylic acids is 3. The summed E-state index contributed by atoms with van der Waals surface area (Å²) < 4.78 is 23.8. The van der Waals surface area contributed by atoms with Crippen molar-refractivity contribution in [1.29, 1.82) is 0 Å². The van der Waals surface area contributed by atoms with Crippen molar-refractivity contribution < 1.29 is 38.4 Å². The third-order valence-electron chi connectivity index (χ3n) is 15.1. The number of methoxy groups -OCH3 is 3. The number of likely N-dealkylation sites (tertiary alicyclic amines) is 1. The van der Waals surface area contributed by atoms with Gasteiger partial charge in [0, 0.05) is 84.1 Å². The second-order valence-electron chi connectivity index (χ2n) is 17.3. The minimum absolute atomic E-state index is 0.223. The van der Waals surface area contributed by atoms with E-state index in [0.717, 1.165) is 48.1 Å². The highest BCUT2D eigenvalue weighted by Gasteiger charge is 2.82. The molecular formula is C46H60N4O8. The van der Waals surface area contributed by atoms with Crippen LogP contribution in [0.3, 0.4) is 0 Å². The summed E-state index contributed by atoms with van der Waals surface area (Å²) >= 11 is 0. The van der Waals surface area contributed by atoms with Gasteiger partial charge in [-0.05, 0) is 63.4 Å². The van der Waals surface area contributed by atoms with Crippen molar-refractivity contribution >= 4 is 28.8 Å². The van der Waals surface area contributed by atoms with E-state index in [1.54, 1.807) is 7.11 Å². The van der Waals surface area contributed by atoms with Crippen LogP contribution in [0.1, 0.15) is 71.1 Å². The number of allylic oxidation sites excluding steroid dienone is 1. The molecule has 12 nitrogen and oxygen atoms in total. The van der Waals surface area contributed by atoms with Gasteiger partial charge in [0.25, 0.3) is 0 Å². The number of hydrogen-bond donors (Lipinski definition) is 2. The second-order valence-corrected chi connectivity index (χ2v) is 17.3. The fraction of sp³-hybridized carbons (Fsp3) is 0.587. The first-order valence-electron chi connectivity index (χ1n) is 21.1. The molecule has 312 valence electrons. The topological polar surface area (TPSA) is 134 Å². The number of aromatic amines is 1. The van der Waals surface area contributed by atoms with Crippen LogP contribution in [0.4, 0.5) is 0 Å². The monoisotopic (exact) mass is 796 g/mol. The number of carbonyl (C=O) groups is 3. The van der Waals surface area contributed by atoms with Gasteiger partial charge in [0.1, 0.15) is 11.2 Å². The predicted octanol–water partition coefficient (Wildman–Crippen LogP) is 5.18. The summed E-state index contributed by atoms with van der Waals surface area (Å²) in [7, 11) is 6.28. The molecule has 2 N–H and O–H groups in total. The van der Waals surface area contributed by atoms with E-state index in [4.69, 9.17) is 18.9 Å². The summed E-state index contributed by atoms with van der Waals surface area (Å²) in [5, 5.41) is 14.3. The summed E-state index contributed by atoms with van der Waals surface area (Å²) in [5.41, 5.74) is -0.351. The van der Waals surface area contributed by atoms with Gasteiger partial charge in [0.2, 0.25) is 5.60 Å². The Labute approximate surface area is 341 Å². The van der Waals surface area contributed by atoms with Gasteiger partial charge in [0.15, 0.2) is 6.10 Å². The molecule has 2 saturated heterocycles. The van der Waals surface area contributed by atoms with Crippen molar-refractivity contribution in [2.45, 2.75) is 102 Å². The summed E-state index contributed by atoms with van der Waals surface area (Å²) in [6.07, 6.45) is 13.1. The molecule has 1 aromatic heterocycles. The Kier molecular flexibility index (Phi) is 10.3. The molecule has 1 spiro atoms. The normalized spacial score (nSPS) is 34.2. The highest BCUT2D eigenvalue weighted by molar-refractivity contribution is 5.94.